The summed E-state index contributed by atoms with van der Waals surface area (Å²) in [5, 5.41) is 17.9. The Morgan fingerprint density at radius 3 is 2.71 bits per heavy atom. The number of halogens is 1. The Morgan fingerprint density at radius 2 is 1.88 bits per heavy atom. The van der Waals surface area contributed by atoms with Crippen LogP contribution in [0.1, 0.15) is 0 Å². The van der Waals surface area contributed by atoms with Gasteiger partial charge >= 0.3 is 0 Å². The molecular formula is C13H9BrN2O. The predicted molar refractivity (Wildman–Crippen MR) is 70.9 cm³/mol. The molecule has 0 radical (unpaired) electrons. The summed E-state index contributed by atoms with van der Waals surface area (Å²) in [5.41, 5.74) is 2.54. The Morgan fingerprint density at radius 1 is 1.06 bits per heavy atom. The largest absolute Gasteiger partial charge is 0.507 e. The lowest BCUT2D eigenvalue weighted by Gasteiger charge is -2.02. The molecule has 3 nitrogen and oxygen atoms in total. The van der Waals surface area contributed by atoms with Crippen molar-refractivity contribution < 1.29 is 5.11 Å². The normalized spacial score (nSPS) is 10.9. The lowest BCUT2D eigenvalue weighted by atomic mass is 10.1. The van der Waals surface area contributed by atoms with Gasteiger partial charge in [-0.05, 0) is 18.2 Å². The number of nitrogens with zero attached hydrogens (tertiary/aromatic N) is 1. The highest BCUT2D eigenvalue weighted by molar-refractivity contribution is 9.10. The Balaban J connectivity index is 2.36. The number of hydrogen-bond donors (Lipinski definition) is 2. The molecule has 0 bridgehead atoms. The monoisotopic (exact) mass is 288 g/mol. The third-order valence-electron chi connectivity index (χ3n) is 2.70. The molecule has 2 N–H and O–H groups in total. The maximum absolute atomic E-state index is 9.92. The lowest BCUT2D eigenvalue weighted by molar-refractivity contribution is 0.482. The van der Waals surface area contributed by atoms with Crippen molar-refractivity contribution in [1.29, 1.82) is 0 Å². The van der Waals surface area contributed by atoms with Crippen LogP contribution >= 0.6 is 15.9 Å². The molecule has 0 aliphatic heterocycles. The second kappa shape index (κ2) is 3.89. The first-order chi connectivity index (χ1) is 8.27. The third kappa shape index (κ3) is 1.61. The number of aromatic amines is 1. The van der Waals surface area contributed by atoms with E-state index >= 15 is 0 Å². The number of H-pyrrole nitrogens is 1. The number of phenolic OH excluding ortho intramolecular Hbond substituents is 1. The maximum Gasteiger partial charge on any atom is 0.127 e. The predicted octanol–water partition coefficient (Wildman–Crippen LogP) is 3.70. The quantitative estimate of drug-likeness (QED) is 0.717. The van der Waals surface area contributed by atoms with Crippen LogP contribution in [-0.2, 0) is 0 Å². The van der Waals surface area contributed by atoms with Crippen LogP contribution in [0, 0.1) is 0 Å². The summed E-state index contributed by atoms with van der Waals surface area (Å²) >= 11 is 3.49. The van der Waals surface area contributed by atoms with E-state index in [0.717, 1.165) is 26.6 Å². The second-order valence-electron chi connectivity index (χ2n) is 3.75. The van der Waals surface area contributed by atoms with Crippen molar-refractivity contribution in [2.24, 2.45) is 0 Å². The van der Waals surface area contributed by atoms with Gasteiger partial charge < -0.3 is 5.11 Å². The molecule has 0 spiro atoms. The molecular weight excluding hydrogens is 280 g/mol. The van der Waals surface area contributed by atoms with Crippen LogP contribution in [0.25, 0.3) is 22.2 Å². The van der Waals surface area contributed by atoms with E-state index in [0.29, 0.717) is 0 Å². The van der Waals surface area contributed by atoms with E-state index in [1.54, 1.807) is 12.1 Å². The van der Waals surface area contributed by atoms with Crippen molar-refractivity contribution >= 4 is 26.8 Å². The summed E-state index contributed by atoms with van der Waals surface area (Å²) in [5.74, 6) is 0.238. The molecule has 1 aromatic heterocycles. The van der Waals surface area contributed by atoms with Crippen molar-refractivity contribution in [3.05, 3.63) is 46.9 Å². The molecule has 0 amide bonds. The zero-order chi connectivity index (χ0) is 11.8. The van der Waals surface area contributed by atoms with Gasteiger partial charge in [0.15, 0.2) is 0 Å². The first kappa shape index (κ1) is 10.4. The van der Waals surface area contributed by atoms with Crippen molar-refractivity contribution in [2.45, 2.75) is 0 Å². The zero-order valence-corrected chi connectivity index (χ0v) is 10.4. The topological polar surface area (TPSA) is 48.9 Å². The zero-order valence-electron chi connectivity index (χ0n) is 8.81. The van der Waals surface area contributed by atoms with Crippen LogP contribution in [0.15, 0.2) is 46.9 Å². The SMILES string of the molecule is Oc1cccc2[nH]nc(-c3ccccc3Br)c12. The molecule has 0 aliphatic rings. The van der Waals surface area contributed by atoms with Gasteiger partial charge in [0.2, 0.25) is 0 Å². The molecule has 3 rings (SSSR count). The van der Waals surface area contributed by atoms with E-state index in [9.17, 15) is 5.11 Å². The first-order valence-corrected chi connectivity index (χ1v) is 5.97. The second-order valence-corrected chi connectivity index (χ2v) is 4.61. The molecule has 0 saturated carbocycles. The molecule has 0 aliphatic carbocycles. The van der Waals surface area contributed by atoms with E-state index in [-0.39, 0.29) is 5.75 Å². The highest BCUT2D eigenvalue weighted by atomic mass is 79.9. The number of aromatic hydroxyl groups is 1. The lowest BCUT2D eigenvalue weighted by Crippen LogP contribution is -1.80. The smallest absolute Gasteiger partial charge is 0.127 e. The van der Waals surface area contributed by atoms with Crippen molar-refractivity contribution in [1.82, 2.24) is 10.2 Å². The summed E-state index contributed by atoms with van der Waals surface area (Å²) in [6.07, 6.45) is 0. The van der Waals surface area contributed by atoms with Gasteiger partial charge in [-0.3, -0.25) is 5.10 Å². The standard InChI is InChI=1S/C13H9BrN2O/c14-9-5-2-1-4-8(9)13-12-10(15-16-13)6-3-7-11(12)17/h1-7,17H,(H,15,16). The summed E-state index contributed by atoms with van der Waals surface area (Å²) in [6.45, 7) is 0. The fraction of sp³-hybridized carbons (Fsp3) is 0. The highest BCUT2D eigenvalue weighted by Gasteiger charge is 2.13. The number of phenols is 1. The average Bonchev–Trinajstić information content (AvgIpc) is 2.75. The minimum Gasteiger partial charge on any atom is -0.507 e. The maximum atomic E-state index is 9.92. The van der Waals surface area contributed by atoms with Crippen LogP contribution in [0.5, 0.6) is 5.75 Å². The van der Waals surface area contributed by atoms with Gasteiger partial charge in [-0.1, -0.05) is 40.2 Å². The van der Waals surface area contributed by atoms with Crippen molar-refractivity contribution in [3.8, 4) is 17.0 Å². The third-order valence-corrected chi connectivity index (χ3v) is 3.39. The van der Waals surface area contributed by atoms with Crippen molar-refractivity contribution in [2.75, 3.05) is 0 Å². The first-order valence-electron chi connectivity index (χ1n) is 5.18. The summed E-state index contributed by atoms with van der Waals surface area (Å²) < 4.78 is 0.955. The van der Waals surface area contributed by atoms with Gasteiger partial charge in [-0.15, -0.1) is 0 Å². The molecule has 0 atom stereocenters. The summed E-state index contributed by atoms with van der Waals surface area (Å²) in [7, 11) is 0. The van der Waals surface area contributed by atoms with Crippen LogP contribution < -0.4 is 0 Å². The molecule has 0 saturated heterocycles. The Hall–Kier alpha value is -1.81. The van der Waals surface area contributed by atoms with Gasteiger partial charge in [0, 0.05) is 10.0 Å². The van der Waals surface area contributed by atoms with Gasteiger partial charge in [0.05, 0.1) is 10.9 Å². The van der Waals surface area contributed by atoms with Crippen molar-refractivity contribution in [3.63, 3.8) is 0 Å². The van der Waals surface area contributed by atoms with Crippen LogP contribution in [0.4, 0.5) is 0 Å². The average molecular weight is 289 g/mol. The number of hydrogen-bond acceptors (Lipinski definition) is 2. The number of fused-ring (bicyclic) bond motifs is 1. The van der Waals surface area contributed by atoms with Crippen LogP contribution in [-0.4, -0.2) is 15.3 Å². The number of aromatic nitrogens is 2. The number of benzene rings is 2. The summed E-state index contributed by atoms with van der Waals surface area (Å²) in [6, 6.07) is 13.2. The van der Waals surface area contributed by atoms with Gasteiger partial charge in [-0.25, -0.2) is 0 Å². The van der Waals surface area contributed by atoms with Gasteiger partial charge in [0.25, 0.3) is 0 Å². The number of nitrogens with one attached hydrogen (secondary N) is 1. The minimum absolute atomic E-state index is 0.238. The molecule has 17 heavy (non-hydrogen) atoms. The molecule has 4 heteroatoms. The van der Waals surface area contributed by atoms with E-state index < -0.39 is 0 Å². The highest BCUT2D eigenvalue weighted by Crippen LogP contribution is 2.35. The van der Waals surface area contributed by atoms with E-state index in [1.165, 1.54) is 0 Å². The van der Waals surface area contributed by atoms with Gasteiger partial charge in [-0.2, -0.15) is 5.10 Å². The van der Waals surface area contributed by atoms with Crippen LogP contribution in [0.2, 0.25) is 0 Å². The fourth-order valence-corrected chi connectivity index (χ4v) is 2.37. The Labute approximate surface area is 106 Å². The Kier molecular flexibility index (Phi) is 2.37. The Bertz CT molecular complexity index is 691. The van der Waals surface area contributed by atoms with E-state index in [4.69, 9.17) is 0 Å². The molecule has 0 unspecified atom stereocenters. The molecule has 3 aromatic rings. The van der Waals surface area contributed by atoms with Gasteiger partial charge in [0.1, 0.15) is 11.4 Å². The molecule has 2 aromatic carbocycles. The van der Waals surface area contributed by atoms with Crippen LogP contribution in [0.3, 0.4) is 0 Å². The minimum atomic E-state index is 0.238. The summed E-state index contributed by atoms with van der Waals surface area (Å²) in [4.78, 5) is 0. The fourth-order valence-electron chi connectivity index (χ4n) is 1.90. The molecule has 0 fully saturated rings. The van der Waals surface area contributed by atoms with E-state index in [1.807, 2.05) is 30.3 Å². The molecule has 84 valence electrons. The van der Waals surface area contributed by atoms with E-state index in [2.05, 4.69) is 26.1 Å². The number of rotatable bonds is 1. The molecule has 1 heterocycles.